The number of rotatable bonds is 2. The van der Waals surface area contributed by atoms with Crippen LogP contribution in [-0.4, -0.2) is 18.6 Å². The third-order valence-electron chi connectivity index (χ3n) is 2.78. The average molecular weight is 307 g/mol. The highest BCUT2D eigenvalue weighted by molar-refractivity contribution is 14.1. The zero-order valence-corrected chi connectivity index (χ0v) is 10.2. The SMILES string of the molecule is O=C1OCC(NC2CCCCC2)=C1I. The molecule has 0 amide bonds. The lowest BCUT2D eigenvalue weighted by Crippen LogP contribution is -2.31. The molecule has 0 bridgehead atoms. The van der Waals surface area contributed by atoms with Gasteiger partial charge in [-0.05, 0) is 35.4 Å². The lowest BCUT2D eigenvalue weighted by atomic mass is 9.95. The van der Waals surface area contributed by atoms with Crippen molar-refractivity contribution in [2.45, 2.75) is 38.1 Å². The molecule has 1 aliphatic heterocycles. The molecular formula is C10H14INO2. The van der Waals surface area contributed by atoms with Crippen molar-refractivity contribution in [3.63, 3.8) is 0 Å². The number of carbonyl (C=O) groups excluding carboxylic acids is 1. The maximum Gasteiger partial charge on any atom is 0.346 e. The fourth-order valence-electron chi connectivity index (χ4n) is 1.99. The first-order valence-electron chi connectivity index (χ1n) is 5.09. The van der Waals surface area contributed by atoms with Crippen molar-refractivity contribution in [3.05, 3.63) is 9.28 Å². The van der Waals surface area contributed by atoms with Crippen LogP contribution in [0.15, 0.2) is 9.28 Å². The number of ether oxygens (including phenoxy) is 1. The summed E-state index contributed by atoms with van der Waals surface area (Å²) in [6.45, 7) is 0.438. The van der Waals surface area contributed by atoms with E-state index in [1.54, 1.807) is 0 Å². The van der Waals surface area contributed by atoms with Crippen molar-refractivity contribution in [1.29, 1.82) is 0 Å². The van der Waals surface area contributed by atoms with Gasteiger partial charge in [0.25, 0.3) is 0 Å². The van der Waals surface area contributed by atoms with Gasteiger partial charge < -0.3 is 10.1 Å². The maximum atomic E-state index is 11.1. The van der Waals surface area contributed by atoms with E-state index in [0.717, 1.165) is 9.28 Å². The van der Waals surface area contributed by atoms with Crippen molar-refractivity contribution in [1.82, 2.24) is 5.32 Å². The third kappa shape index (κ3) is 2.21. The summed E-state index contributed by atoms with van der Waals surface area (Å²) in [6.07, 6.45) is 6.40. The van der Waals surface area contributed by atoms with Gasteiger partial charge in [0.1, 0.15) is 10.2 Å². The molecule has 0 saturated heterocycles. The number of hydrogen-bond acceptors (Lipinski definition) is 3. The molecule has 0 radical (unpaired) electrons. The summed E-state index contributed by atoms with van der Waals surface area (Å²) < 4.78 is 5.67. The Kier molecular flexibility index (Phi) is 3.30. The Labute approximate surface area is 97.4 Å². The van der Waals surface area contributed by atoms with E-state index in [1.807, 2.05) is 0 Å². The molecule has 78 valence electrons. The number of nitrogens with one attached hydrogen (secondary N) is 1. The minimum atomic E-state index is -0.177. The second-order valence-electron chi connectivity index (χ2n) is 3.85. The maximum absolute atomic E-state index is 11.1. The van der Waals surface area contributed by atoms with Crippen molar-refractivity contribution in [3.8, 4) is 0 Å². The minimum Gasteiger partial charge on any atom is -0.455 e. The molecule has 0 aromatic heterocycles. The van der Waals surface area contributed by atoms with E-state index in [2.05, 4.69) is 27.9 Å². The normalized spacial score (nSPS) is 23.9. The van der Waals surface area contributed by atoms with Crippen LogP contribution in [0.5, 0.6) is 0 Å². The Morgan fingerprint density at radius 2 is 2.00 bits per heavy atom. The first kappa shape index (κ1) is 10.3. The molecule has 0 unspecified atom stereocenters. The van der Waals surface area contributed by atoms with Crippen LogP contribution in [0.2, 0.25) is 0 Å². The van der Waals surface area contributed by atoms with Gasteiger partial charge in [0.2, 0.25) is 0 Å². The molecule has 1 aliphatic carbocycles. The van der Waals surface area contributed by atoms with Crippen LogP contribution < -0.4 is 5.32 Å². The summed E-state index contributed by atoms with van der Waals surface area (Å²) in [5.41, 5.74) is 0.988. The van der Waals surface area contributed by atoms with E-state index in [4.69, 9.17) is 4.74 Å². The highest BCUT2D eigenvalue weighted by Gasteiger charge is 2.24. The van der Waals surface area contributed by atoms with Gasteiger partial charge in [0.05, 0.1) is 5.70 Å². The molecular weight excluding hydrogens is 293 g/mol. The number of halogens is 1. The first-order chi connectivity index (χ1) is 6.77. The summed E-state index contributed by atoms with van der Waals surface area (Å²) in [5, 5.41) is 3.42. The molecule has 1 fully saturated rings. The van der Waals surface area contributed by atoms with Gasteiger partial charge in [-0.3, -0.25) is 0 Å². The van der Waals surface area contributed by atoms with Crippen LogP contribution >= 0.6 is 22.6 Å². The van der Waals surface area contributed by atoms with Gasteiger partial charge in [0, 0.05) is 6.04 Å². The van der Waals surface area contributed by atoms with E-state index < -0.39 is 0 Å². The van der Waals surface area contributed by atoms with E-state index in [0.29, 0.717) is 12.6 Å². The molecule has 0 atom stereocenters. The second-order valence-corrected chi connectivity index (χ2v) is 4.93. The predicted molar refractivity (Wildman–Crippen MR) is 62.0 cm³/mol. The van der Waals surface area contributed by atoms with E-state index in [9.17, 15) is 4.79 Å². The third-order valence-corrected chi connectivity index (χ3v) is 3.87. The number of cyclic esters (lactones) is 1. The smallest absolute Gasteiger partial charge is 0.346 e. The molecule has 4 heteroatoms. The van der Waals surface area contributed by atoms with Crippen LogP contribution in [0.3, 0.4) is 0 Å². The molecule has 1 N–H and O–H groups in total. The largest absolute Gasteiger partial charge is 0.455 e. The first-order valence-corrected chi connectivity index (χ1v) is 6.17. The summed E-state index contributed by atoms with van der Waals surface area (Å²) in [5.74, 6) is -0.177. The van der Waals surface area contributed by atoms with Gasteiger partial charge in [-0.2, -0.15) is 0 Å². The number of hydrogen-bond donors (Lipinski definition) is 1. The van der Waals surface area contributed by atoms with Gasteiger partial charge >= 0.3 is 5.97 Å². The topological polar surface area (TPSA) is 38.3 Å². The van der Waals surface area contributed by atoms with Gasteiger partial charge in [-0.1, -0.05) is 19.3 Å². The monoisotopic (exact) mass is 307 g/mol. The summed E-state index contributed by atoms with van der Waals surface area (Å²) in [7, 11) is 0. The Morgan fingerprint density at radius 3 is 2.57 bits per heavy atom. The lowest BCUT2D eigenvalue weighted by Gasteiger charge is -2.23. The lowest BCUT2D eigenvalue weighted by molar-refractivity contribution is -0.135. The van der Waals surface area contributed by atoms with Crippen molar-refractivity contribution in [2.75, 3.05) is 6.61 Å². The zero-order valence-electron chi connectivity index (χ0n) is 8.01. The molecule has 0 aromatic carbocycles. The molecule has 2 rings (SSSR count). The molecule has 0 aromatic rings. The molecule has 1 heterocycles. The van der Waals surface area contributed by atoms with Gasteiger partial charge in [-0.15, -0.1) is 0 Å². The summed E-state index contributed by atoms with van der Waals surface area (Å²) in [4.78, 5) is 11.1. The molecule has 3 nitrogen and oxygen atoms in total. The fourth-order valence-corrected chi connectivity index (χ4v) is 2.45. The summed E-state index contributed by atoms with van der Waals surface area (Å²) in [6, 6.07) is 0.554. The Hall–Kier alpha value is -0.260. The van der Waals surface area contributed by atoms with Crippen LogP contribution in [0.25, 0.3) is 0 Å². The number of carbonyl (C=O) groups is 1. The average Bonchev–Trinajstić information content (AvgIpc) is 2.52. The van der Waals surface area contributed by atoms with Gasteiger partial charge in [0.15, 0.2) is 0 Å². The second kappa shape index (κ2) is 4.51. The van der Waals surface area contributed by atoms with E-state index >= 15 is 0 Å². The Bertz CT molecular complexity index is 269. The van der Waals surface area contributed by atoms with E-state index in [1.165, 1.54) is 32.1 Å². The van der Waals surface area contributed by atoms with Crippen molar-refractivity contribution < 1.29 is 9.53 Å². The number of esters is 1. The molecule has 0 spiro atoms. The minimum absolute atomic E-state index is 0.177. The highest BCUT2D eigenvalue weighted by Crippen LogP contribution is 2.23. The standard InChI is InChI=1S/C10H14INO2/c11-9-8(6-14-10(9)13)12-7-4-2-1-3-5-7/h7,12H,1-6H2. The molecule has 14 heavy (non-hydrogen) atoms. The fraction of sp³-hybridized carbons (Fsp3) is 0.700. The van der Waals surface area contributed by atoms with Crippen LogP contribution in [0.1, 0.15) is 32.1 Å². The Morgan fingerprint density at radius 1 is 1.29 bits per heavy atom. The van der Waals surface area contributed by atoms with Gasteiger partial charge in [-0.25, -0.2) is 4.79 Å². The van der Waals surface area contributed by atoms with Crippen LogP contribution in [0.4, 0.5) is 0 Å². The zero-order chi connectivity index (χ0) is 9.97. The quantitative estimate of drug-likeness (QED) is 0.627. The highest BCUT2D eigenvalue weighted by atomic mass is 127. The van der Waals surface area contributed by atoms with Crippen LogP contribution in [0, 0.1) is 0 Å². The predicted octanol–water partition coefficient (Wildman–Crippen LogP) is 2.11. The Balaban J connectivity index is 1.93. The van der Waals surface area contributed by atoms with Crippen LogP contribution in [-0.2, 0) is 9.53 Å². The van der Waals surface area contributed by atoms with Crippen molar-refractivity contribution >= 4 is 28.6 Å². The summed E-state index contributed by atoms with van der Waals surface area (Å²) >= 11 is 2.06. The molecule has 2 aliphatic rings. The van der Waals surface area contributed by atoms with E-state index in [-0.39, 0.29) is 5.97 Å². The van der Waals surface area contributed by atoms with Crippen molar-refractivity contribution in [2.24, 2.45) is 0 Å². The molecule has 1 saturated carbocycles.